The third-order valence-corrected chi connectivity index (χ3v) is 2.25. The van der Waals surface area contributed by atoms with Crippen molar-refractivity contribution in [2.24, 2.45) is 11.7 Å². The molecule has 3 N–H and O–H groups in total. The Kier molecular flexibility index (Phi) is 4.70. The predicted octanol–water partition coefficient (Wildman–Crippen LogP) is 1.66. The van der Waals surface area contributed by atoms with Crippen LogP contribution in [0.15, 0.2) is 16.5 Å². The van der Waals surface area contributed by atoms with E-state index in [1.165, 1.54) is 0 Å². The van der Waals surface area contributed by atoms with Crippen LogP contribution in [0.5, 0.6) is 0 Å². The lowest BCUT2D eigenvalue weighted by atomic mass is 10.1. The molecule has 1 heterocycles. The minimum absolute atomic E-state index is 0.635. The van der Waals surface area contributed by atoms with Crippen molar-refractivity contribution in [2.45, 2.75) is 26.8 Å². The molecule has 3 heteroatoms. The van der Waals surface area contributed by atoms with Gasteiger partial charge in [0, 0.05) is 0 Å². The fourth-order valence-electron chi connectivity index (χ4n) is 1.41. The Bertz CT molecular complexity index is 258. The first-order chi connectivity index (χ1) is 6.72. The highest BCUT2D eigenvalue weighted by atomic mass is 16.3. The lowest BCUT2D eigenvalue weighted by molar-refractivity contribution is 0.433. The molecule has 0 aliphatic carbocycles. The quantitative estimate of drug-likeness (QED) is 0.727. The molecule has 0 amide bonds. The Morgan fingerprint density at radius 1 is 1.50 bits per heavy atom. The Morgan fingerprint density at radius 3 is 2.86 bits per heavy atom. The fraction of sp³-hybridized carbons (Fsp3) is 0.636. The van der Waals surface area contributed by atoms with Gasteiger partial charge in [-0.2, -0.15) is 0 Å². The first-order valence-corrected chi connectivity index (χ1v) is 5.18. The standard InChI is InChI=1S/C11H20N2O/c1-9(5-6-12)7-13-8-11-4-3-10(2)14-11/h3-4,9,13H,5-8,12H2,1-2H3. The maximum Gasteiger partial charge on any atom is 0.117 e. The summed E-state index contributed by atoms with van der Waals surface area (Å²) in [4.78, 5) is 0. The van der Waals surface area contributed by atoms with Gasteiger partial charge in [0.25, 0.3) is 0 Å². The van der Waals surface area contributed by atoms with Crippen LogP contribution < -0.4 is 11.1 Å². The van der Waals surface area contributed by atoms with Crippen molar-refractivity contribution in [3.8, 4) is 0 Å². The molecule has 1 atom stereocenters. The minimum atomic E-state index is 0.635. The Morgan fingerprint density at radius 2 is 2.29 bits per heavy atom. The van der Waals surface area contributed by atoms with E-state index < -0.39 is 0 Å². The minimum Gasteiger partial charge on any atom is -0.465 e. The van der Waals surface area contributed by atoms with Crippen LogP contribution in [0.4, 0.5) is 0 Å². The predicted molar refractivity (Wildman–Crippen MR) is 58.0 cm³/mol. The van der Waals surface area contributed by atoms with E-state index in [1.54, 1.807) is 0 Å². The number of hydrogen-bond donors (Lipinski definition) is 2. The summed E-state index contributed by atoms with van der Waals surface area (Å²) in [6.07, 6.45) is 1.07. The first-order valence-electron chi connectivity index (χ1n) is 5.18. The average molecular weight is 196 g/mol. The number of rotatable bonds is 6. The topological polar surface area (TPSA) is 51.2 Å². The Labute approximate surface area is 85.7 Å². The van der Waals surface area contributed by atoms with Crippen molar-refractivity contribution in [3.05, 3.63) is 23.7 Å². The largest absolute Gasteiger partial charge is 0.465 e. The smallest absolute Gasteiger partial charge is 0.117 e. The molecule has 0 aromatic carbocycles. The second-order valence-electron chi connectivity index (χ2n) is 3.83. The maximum absolute atomic E-state index is 5.47. The fourth-order valence-corrected chi connectivity index (χ4v) is 1.41. The van der Waals surface area contributed by atoms with E-state index in [0.29, 0.717) is 5.92 Å². The molecule has 3 nitrogen and oxygen atoms in total. The average Bonchev–Trinajstić information content (AvgIpc) is 2.52. The Hall–Kier alpha value is -0.800. The van der Waals surface area contributed by atoms with Crippen molar-refractivity contribution in [1.29, 1.82) is 0 Å². The van der Waals surface area contributed by atoms with Crippen molar-refractivity contribution >= 4 is 0 Å². The monoisotopic (exact) mass is 196 g/mol. The molecule has 0 radical (unpaired) electrons. The van der Waals surface area contributed by atoms with Crippen LogP contribution in [-0.2, 0) is 6.54 Å². The maximum atomic E-state index is 5.47. The summed E-state index contributed by atoms with van der Waals surface area (Å²) in [6.45, 7) is 6.73. The molecule has 1 aromatic heterocycles. The normalized spacial score (nSPS) is 13.1. The van der Waals surface area contributed by atoms with Crippen LogP contribution in [0.2, 0.25) is 0 Å². The lowest BCUT2D eigenvalue weighted by Crippen LogP contribution is -2.22. The van der Waals surface area contributed by atoms with E-state index in [9.17, 15) is 0 Å². The first kappa shape index (κ1) is 11.3. The lowest BCUT2D eigenvalue weighted by Gasteiger charge is -2.09. The van der Waals surface area contributed by atoms with Crippen molar-refractivity contribution in [2.75, 3.05) is 13.1 Å². The highest BCUT2D eigenvalue weighted by Gasteiger charge is 2.01. The second kappa shape index (κ2) is 5.83. The molecule has 0 fully saturated rings. The zero-order valence-electron chi connectivity index (χ0n) is 9.05. The summed E-state index contributed by atoms with van der Waals surface area (Å²) in [7, 11) is 0. The molecule has 0 saturated heterocycles. The molecule has 0 aliphatic rings. The van der Waals surface area contributed by atoms with E-state index in [0.717, 1.165) is 37.6 Å². The SMILES string of the molecule is Cc1ccc(CNCC(C)CCN)o1. The third-order valence-electron chi connectivity index (χ3n) is 2.25. The number of furan rings is 1. The van der Waals surface area contributed by atoms with Gasteiger partial charge in [-0.05, 0) is 44.5 Å². The summed E-state index contributed by atoms with van der Waals surface area (Å²) in [5.74, 6) is 2.61. The molecule has 1 unspecified atom stereocenters. The van der Waals surface area contributed by atoms with Crippen LogP contribution >= 0.6 is 0 Å². The van der Waals surface area contributed by atoms with Gasteiger partial charge in [-0.15, -0.1) is 0 Å². The van der Waals surface area contributed by atoms with Crippen LogP contribution in [-0.4, -0.2) is 13.1 Å². The molecule has 0 aliphatic heterocycles. The van der Waals surface area contributed by atoms with Crippen molar-refractivity contribution < 1.29 is 4.42 Å². The van der Waals surface area contributed by atoms with Crippen molar-refractivity contribution in [1.82, 2.24) is 5.32 Å². The van der Waals surface area contributed by atoms with E-state index in [1.807, 2.05) is 19.1 Å². The van der Waals surface area contributed by atoms with E-state index in [4.69, 9.17) is 10.2 Å². The molecular weight excluding hydrogens is 176 g/mol. The molecule has 0 saturated carbocycles. The van der Waals surface area contributed by atoms with Gasteiger partial charge in [-0.25, -0.2) is 0 Å². The molecule has 80 valence electrons. The van der Waals surface area contributed by atoms with Gasteiger partial charge in [0.2, 0.25) is 0 Å². The van der Waals surface area contributed by atoms with Gasteiger partial charge >= 0.3 is 0 Å². The molecule has 14 heavy (non-hydrogen) atoms. The van der Waals surface area contributed by atoms with E-state index >= 15 is 0 Å². The van der Waals surface area contributed by atoms with Crippen molar-refractivity contribution in [3.63, 3.8) is 0 Å². The van der Waals surface area contributed by atoms with Gasteiger partial charge in [0.1, 0.15) is 11.5 Å². The van der Waals surface area contributed by atoms with Crippen LogP contribution in [0.3, 0.4) is 0 Å². The van der Waals surface area contributed by atoms with Gasteiger partial charge in [-0.1, -0.05) is 6.92 Å². The number of hydrogen-bond acceptors (Lipinski definition) is 3. The summed E-state index contributed by atoms with van der Waals surface area (Å²) >= 11 is 0. The molecular formula is C11H20N2O. The number of nitrogens with one attached hydrogen (secondary N) is 1. The summed E-state index contributed by atoms with van der Waals surface area (Å²) < 4.78 is 5.44. The Balaban J connectivity index is 2.15. The number of aryl methyl sites for hydroxylation is 1. The zero-order chi connectivity index (χ0) is 10.4. The second-order valence-corrected chi connectivity index (χ2v) is 3.83. The molecule has 1 aromatic rings. The third kappa shape index (κ3) is 3.94. The highest BCUT2D eigenvalue weighted by molar-refractivity contribution is 5.05. The number of nitrogens with two attached hydrogens (primary N) is 1. The summed E-state index contributed by atoms with van der Waals surface area (Å²) in [5.41, 5.74) is 5.47. The van der Waals surface area contributed by atoms with Gasteiger partial charge in [-0.3, -0.25) is 0 Å². The van der Waals surface area contributed by atoms with E-state index in [-0.39, 0.29) is 0 Å². The van der Waals surface area contributed by atoms with Crippen LogP contribution in [0.1, 0.15) is 24.9 Å². The molecule has 0 bridgehead atoms. The van der Waals surface area contributed by atoms with E-state index in [2.05, 4.69) is 12.2 Å². The van der Waals surface area contributed by atoms with Gasteiger partial charge in [0.15, 0.2) is 0 Å². The molecule has 0 spiro atoms. The zero-order valence-corrected chi connectivity index (χ0v) is 9.05. The highest BCUT2D eigenvalue weighted by Crippen LogP contribution is 2.06. The summed E-state index contributed by atoms with van der Waals surface area (Å²) in [6, 6.07) is 4.00. The summed E-state index contributed by atoms with van der Waals surface area (Å²) in [5, 5.41) is 3.35. The van der Waals surface area contributed by atoms with Crippen LogP contribution in [0.25, 0.3) is 0 Å². The molecule has 1 rings (SSSR count). The van der Waals surface area contributed by atoms with Gasteiger partial charge < -0.3 is 15.5 Å². The van der Waals surface area contributed by atoms with Gasteiger partial charge in [0.05, 0.1) is 6.54 Å². The van der Waals surface area contributed by atoms with Crippen LogP contribution in [0, 0.1) is 12.8 Å².